The molecule has 0 spiro atoms. The number of rotatable bonds is 3. The van der Waals surface area contributed by atoms with Crippen LogP contribution in [0.4, 0.5) is 10.1 Å². The third kappa shape index (κ3) is 3.57. The first-order valence-electron chi connectivity index (χ1n) is 9.38. The molecule has 2 aromatic carbocycles. The van der Waals surface area contributed by atoms with Gasteiger partial charge in [-0.05, 0) is 24.3 Å². The lowest BCUT2D eigenvalue weighted by Gasteiger charge is -2.36. The fourth-order valence-corrected chi connectivity index (χ4v) is 3.71. The number of amides is 1. The normalized spacial score (nSPS) is 14.1. The second-order valence-corrected chi connectivity index (χ2v) is 6.95. The molecular formula is C22H19FN4O2. The third-order valence-electron chi connectivity index (χ3n) is 5.24. The summed E-state index contributed by atoms with van der Waals surface area (Å²) in [5, 5.41) is 9.67. The van der Waals surface area contributed by atoms with Crippen LogP contribution in [0.15, 0.2) is 59.5 Å². The Morgan fingerprint density at radius 1 is 1.03 bits per heavy atom. The average molecular weight is 390 g/mol. The summed E-state index contributed by atoms with van der Waals surface area (Å²) in [5.74, 6) is -0.369. The number of halogens is 1. The van der Waals surface area contributed by atoms with E-state index in [4.69, 9.17) is 0 Å². The van der Waals surface area contributed by atoms with Gasteiger partial charge in [0, 0.05) is 37.8 Å². The van der Waals surface area contributed by atoms with Gasteiger partial charge in [0.25, 0.3) is 0 Å². The Bertz CT molecular complexity index is 1170. The number of carbonyl (C=O) groups is 1. The fraction of sp³-hybridized carbons (Fsp3) is 0.227. The molecule has 0 aliphatic carbocycles. The molecule has 1 amide bonds. The molecule has 0 N–H and O–H groups in total. The van der Waals surface area contributed by atoms with E-state index in [1.54, 1.807) is 51.9 Å². The minimum absolute atomic E-state index is 0.0147. The van der Waals surface area contributed by atoms with Gasteiger partial charge < -0.3 is 14.4 Å². The molecule has 1 saturated heterocycles. The van der Waals surface area contributed by atoms with Crippen molar-refractivity contribution in [3.8, 4) is 6.07 Å². The Kier molecular flexibility index (Phi) is 5.00. The summed E-state index contributed by atoms with van der Waals surface area (Å²) in [4.78, 5) is 28.9. The SMILES string of the molecule is N#Cc1cn(CC(=O)N2CCN(c3ccccc3F)CC2)c2ccccc2c1=O. The maximum Gasteiger partial charge on any atom is 0.242 e. The summed E-state index contributed by atoms with van der Waals surface area (Å²) in [6, 6.07) is 15.5. The van der Waals surface area contributed by atoms with Gasteiger partial charge in [-0.2, -0.15) is 5.26 Å². The van der Waals surface area contributed by atoms with Gasteiger partial charge in [0.15, 0.2) is 0 Å². The number of aromatic nitrogens is 1. The Balaban J connectivity index is 1.51. The predicted molar refractivity (Wildman–Crippen MR) is 108 cm³/mol. The number of benzene rings is 2. The highest BCUT2D eigenvalue weighted by Crippen LogP contribution is 2.20. The van der Waals surface area contributed by atoms with Gasteiger partial charge >= 0.3 is 0 Å². The number of para-hydroxylation sites is 2. The fourth-order valence-electron chi connectivity index (χ4n) is 3.71. The third-order valence-corrected chi connectivity index (χ3v) is 5.24. The van der Waals surface area contributed by atoms with Crippen molar-refractivity contribution in [2.75, 3.05) is 31.1 Å². The molecule has 1 aliphatic heterocycles. The van der Waals surface area contributed by atoms with Crippen molar-refractivity contribution < 1.29 is 9.18 Å². The molecule has 0 saturated carbocycles. The average Bonchev–Trinajstić information content (AvgIpc) is 2.76. The molecule has 6 nitrogen and oxygen atoms in total. The summed E-state index contributed by atoms with van der Waals surface area (Å²) < 4.78 is 15.6. The van der Waals surface area contributed by atoms with Crippen LogP contribution in [0.2, 0.25) is 0 Å². The first kappa shape index (κ1) is 18.7. The van der Waals surface area contributed by atoms with E-state index in [1.807, 2.05) is 11.0 Å². The highest BCUT2D eigenvalue weighted by Gasteiger charge is 2.23. The monoisotopic (exact) mass is 390 g/mol. The Hall–Kier alpha value is -3.66. The number of piperazine rings is 1. The standard InChI is InChI=1S/C22H19FN4O2/c23-18-6-2-4-8-20(18)25-9-11-26(12-10-25)21(28)15-27-14-16(13-24)22(29)17-5-1-3-7-19(17)27/h1-8,14H,9-12,15H2. The molecule has 3 aromatic rings. The van der Waals surface area contributed by atoms with Crippen LogP contribution in [0, 0.1) is 17.1 Å². The zero-order valence-electron chi connectivity index (χ0n) is 15.7. The van der Waals surface area contributed by atoms with E-state index < -0.39 is 0 Å². The van der Waals surface area contributed by atoms with Crippen LogP contribution in [0.5, 0.6) is 0 Å². The molecule has 4 rings (SSSR count). The van der Waals surface area contributed by atoms with Crippen LogP contribution < -0.4 is 10.3 Å². The first-order chi connectivity index (χ1) is 14.1. The summed E-state index contributed by atoms with van der Waals surface area (Å²) in [7, 11) is 0. The van der Waals surface area contributed by atoms with Gasteiger partial charge in [0.2, 0.25) is 11.3 Å². The summed E-state index contributed by atoms with van der Waals surface area (Å²) in [6.45, 7) is 2.09. The van der Waals surface area contributed by atoms with Crippen molar-refractivity contribution in [2.45, 2.75) is 6.54 Å². The number of hydrogen-bond donors (Lipinski definition) is 0. The lowest BCUT2D eigenvalue weighted by Crippen LogP contribution is -2.49. The maximum absolute atomic E-state index is 14.0. The number of nitriles is 1. The number of fused-ring (bicyclic) bond motifs is 1. The molecule has 1 fully saturated rings. The number of pyridine rings is 1. The molecule has 0 atom stereocenters. The Morgan fingerprint density at radius 3 is 2.45 bits per heavy atom. The van der Waals surface area contributed by atoms with Crippen molar-refractivity contribution in [2.24, 2.45) is 0 Å². The lowest BCUT2D eigenvalue weighted by atomic mass is 10.1. The second-order valence-electron chi connectivity index (χ2n) is 6.95. The zero-order chi connectivity index (χ0) is 20.4. The topological polar surface area (TPSA) is 69.3 Å². The number of hydrogen-bond acceptors (Lipinski definition) is 4. The molecule has 0 unspecified atom stereocenters. The number of anilines is 1. The van der Waals surface area contributed by atoms with Crippen molar-refractivity contribution in [1.82, 2.24) is 9.47 Å². The molecule has 0 bridgehead atoms. The van der Waals surface area contributed by atoms with Gasteiger partial charge in [-0.1, -0.05) is 24.3 Å². The van der Waals surface area contributed by atoms with Gasteiger partial charge in [0.05, 0.1) is 11.2 Å². The Labute approximate surface area is 167 Å². The molecule has 7 heteroatoms. The smallest absolute Gasteiger partial charge is 0.242 e. The molecule has 0 radical (unpaired) electrons. The minimum atomic E-state index is -0.328. The van der Waals surface area contributed by atoms with Gasteiger partial charge in [-0.25, -0.2) is 4.39 Å². The van der Waals surface area contributed by atoms with Crippen LogP contribution in [0.3, 0.4) is 0 Å². The van der Waals surface area contributed by atoms with E-state index in [0.717, 1.165) is 0 Å². The van der Waals surface area contributed by atoms with Crippen molar-refractivity contribution in [3.05, 3.63) is 76.3 Å². The van der Waals surface area contributed by atoms with Crippen LogP contribution in [0.25, 0.3) is 10.9 Å². The van der Waals surface area contributed by atoms with E-state index in [0.29, 0.717) is 42.8 Å². The van der Waals surface area contributed by atoms with E-state index in [-0.39, 0.29) is 29.3 Å². The highest BCUT2D eigenvalue weighted by atomic mass is 19.1. The quantitative estimate of drug-likeness (QED) is 0.689. The first-order valence-corrected chi connectivity index (χ1v) is 9.38. The minimum Gasteiger partial charge on any atom is -0.366 e. The molecule has 29 heavy (non-hydrogen) atoms. The summed E-state index contributed by atoms with van der Waals surface area (Å²) >= 11 is 0. The number of carbonyl (C=O) groups excluding carboxylic acids is 1. The molecule has 2 heterocycles. The summed E-state index contributed by atoms with van der Waals surface area (Å²) in [6.07, 6.45) is 1.44. The maximum atomic E-state index is 14.0. The highest BCUT2D eigenvalue weighted by molar-refractivity contribution is 5.83. The molecule has 1 aliphatic rings. The lowest BCUT2D eigenvalue weighted by molar-refractivity contribution is -0.132. The van der Waals surface area contributed by atoms with Crippen LogP contribution in [-0.2, 0) is 11.3 Å². The Morgan fingerprint density at radius 2 is 1.72 bits per heavy atom. The van der Waals surface area contributed by atoms with E-state index >= 15 is 0 Å². The molecule has 1 aromatic heterocycles. The van der Waals surface area contributed by atoms with Gasteiger partial charge in [0.1, 0.15) is 24.0 Å². The van der Waals surface area contributed by atoms with Crippen molar-refractivity contribution in [3.63, 3.8) is 0 Å². The van der Waals surface area contributed by atoms with E-state index in [1.165, 1.54) is 12.3 Å². The van der Waals surface area contributed by atoms with Crippen molar-refractivity contribution in [1.29, 1.82) is 5.26 Å². The van der Waals surface area contributed by atoms with E-state index in [9.17, 15) is 19.2 Å². The predicted octanol–water partition coefficient (Wildman–Crippen LogP) is 2.36. The van der Waals surface area contributed by atoms with E-state index in [2.05, 4.69) is 0 Å². The number of nitrogens with zero attached hydrogens (tertiary/aromatic N) is 4. The largest absolute Gasteiger partial charge is 0.366 e. The zero-order valence-corrected chi connectivity index (χ0v) is 15.7. The summed E-state index contributed by atoms with van der Waals surface area (Å²) in [5.41, 5.74) is 0.852. The van der Waals surface area contributed by atoms with Crippen LogP contribution >= 0.6 is 0 Å². The molecular weight excluding hydrogens is 371 g/mol. The van der Waals surface area contributed by atoms with Gasteiger partial charge in [-0.15, -0.1) is 0 Å². The van der Waals surface area contributed by atoms with Crippen LogP contribution in [0.1, 0.15) is 5.56 Å². The molecule has 146 valence electrons. The van der Waals surface area contributed by atoms with Crippen LogP contribution in [-0.4, -0.2) is 41.6 Å². The van der Waals surface area contributed by atoms with Crippen molar-refractivity contribution >= 4 is 22.5 Å². The van der Waals surface area contributed by atoms with Gasteiger partial charge in [-0.3, -0.25) is 9.59 Å². The second kappa shape index (κ2) is 7.76.